The molecule has 2 aromatic rings. The second-order valence-corrected chi connectivity index (χ2v) is 5.68. The summed E-state index contributed by atoms with van der Waals surface area (Å²) >= 11 is 0. The second kappa shape index (κ2) is 6.41. The van der Waals surface area contributed by atoms with Gasteiger partial charge in [0.05, 0.1) is 28.4 Å². The van der Waals surface area contributed by atoms with E-state index in [1.165, 1.54) is 11.1 Å². The molecule has 0 heterocycles. The van der Waals surface area contributed by atoms with Crippen molar-refractivity contribution in [3.63, 3.8) is 0 Å². The third-order valence-electron chi connectivity index (χ3n) is 4.45. The molecule has 0 bridgehead atoms. The van der Waals surface area contributed by atoms with Gasteiger partial charge in [-0.1, -0.05) is 12.1 Å². The Morgan fingerprint density at radius 1 is 0.696 bits per heavy atom. The average Bonchev–Trinajstić information content (AvgIpc) is 3.41. The molecule has 1 aliphatic rings. The Bertz CT molecular complexity index is 653. The number of rotatable bonds is 6. The fraction of sp³-hybridized carbons (Fsp3) is 0.368. The maximum atomic E-state index is 5.45. The number of methoxy groups -OCH3 is 4. The fourth-order valence-electron chi connectivity index (χ4n) is 3.10. The maximum absolute atomic E-state index is 5.45. The van der Waals surface area contributed by atoms with Gasteiger partial charge in [0.2, 0.25) is 5.75 Å². The van der Waals surface area contributed by atoms with E-state index in [9.17, 15) is 0 Å². The van der Waals surface area contributed by atoms with E-state index in [4.69, 9.17) is 18.9 Å². The zero-order valence-corrected chi connectivity index (χ0v) is 14.0. The first kappa shape index (κ1) is 15.5. The summed E-state index contributed by atoms with van der Waals surface area (Å²) < 4.78 is 21.5. The molecule has 23 heavy (non-hydrogen) atoms. The van der Waals surface area contributed by atoms with Crippen LogP contribution in [0.3, 0.4) is 0 Å². The summed E-state index contributed by atoms with van der Waals surface area (Å²) in [5.41, 5.74) is 2.56. The van der Waals surface area contributed by atoms with Crippen molar-refractivity contribution in [3.8, 4) is 23.0 Å². The van der Waals surface area contributed by atoms with E-state index in [0.717, 1.165) is 12.2 Å². The van der Waals surface area contributed by atoms with Gasteiger partial charge in [0.15, 0.2) is 11.5 Å². The molecule has 2 atom stereocenters. The van der Waals surface area contributed by atoms with E-state index in [0.29, 0.717) is 29.1 Å². The van der Waals surface area contributed by atoms with Crippen LogP contribution in [0.25, 0.3) is 0 Å². The van der Waals surface area contributed by atoms with Crippen LogP contribution in [0.1, 0.15) is 29.4 Å². The van der Waals surface area contributed by atoms with Crippen molar-refractivity contribution in [3.05, 3.63) is 47.5 Å². The van der Waals surface area contributed by atoms with E-state index < -0.39 is 0 Å². The van der Waals surface area contributed by atoms with Gasteiger partial charge in [-0.3, -0.25) is 0 Å². The minimum atomic E-state index is 0.483. The maximum Gasteiger partial charge on any atom is 0.203 e. The van der Waals surface area contributed by atoms with Gasteiger partial charge < -0.3 is 18.9 Å². The highest BCUT2D eigenvalue weighted by Crippen LogP contribution is 2.56. The topological polar surface area (TPSA) is 36.9 Å². The van der Waals surface area contributed by atoms with Gasteiger partial charge in [-0.25, -0.2) is 0 Å². The van der Waals surface area contributed by atoms with Crippen LogP contribution >= 0.6 is 0 Å². The summed E-state index contributed by atoms with van der Waals surface area (Å²) in [6, 6.07) is 12.4. The molecule has 0 N–H and O–H groups in total. The first-order valence-electron chi connectivity index (χ1n) is 7.65. The summed E-state index contributed by atoms with van der Waals surface area (Å²) in [6.07, 6.45) is 1.13. The second-order valence-electron chi connectivity index (χ2n) is 5.68. The van der Waals surface area contributed by atoms with Crippen molar-refractivity contribution in [2.75, 3.05) is 28.4 Å². The van der Waals surface area contributed by atoms with Gasteiger partial charge in [0.25, 0.3) is 0 Å². The Morgan fingerprint density at radius 3 is 1.74 bits per heavy atom. The summed E-state index contributed by atoms with van der Waals surface area (Å²) in [5.74, 6) is 3.96. The molecule has 1 aliphatic carbocycles. The largest absolute Gasteiger partial charge is 0.497 e. The molecule has 1 fully saturated rings. The first-order valence-corrected chi connectivity index (χ1v) is 7.65. The normalized spacial score (nSPS) is 19.1. The van der Waals surface area contributed by atoms with Gasteiger partial charge in [-0.15, -0.1) is 0 Å². The molecule has 2 aromatic carbocycles. The number of benzene rings is 2. The third-order valence-corrected chi connectivity index (χ3v) is 4.45. The highest BCUT2D eigenvalue weighted by Gasteiger charge is 2.40. The monoisotopic (exact) mass is 314 g/mol. The minimum absolute atomic E-state index is 0.483. The van der Waals surface area contributed by atoms with Crippen molar-refractivity contribution in [2.45, 2.75) is 18.3 Å². The Labute approximate surface area is 136 Å². The van der Waals surface area contributed by atoms with Crippen LogP contribution in [-0.2, 0) is 0 Å². The van der Waals surface area contributed by atoms with Crippen LogP contribution in [0.5, 0.6) is 23.0 Å². The van der Waals surface area contributed by atoms with Crippen LogP contribution in [0.2, 0.25) is 0 Å². The van der Waals surface area contributed by atoms with Gasteiger partial charge in [-0.2, -0.15) is 0 Å². The molecular formula is C19H22O4. The molecule has 0 aliphatic heterocycles. The van der Waals surface area contributed by atoms with E-state index in [1.54, 1.807) is 28.4 Å². The summed E-state index contributed by atoms with van der Waals surface area (Å²) in [5, 5.41) is 0. The molecule has 3 rings (SSSR count). The van der Waals surface area contributed by atoms with E-state index in [2.05, 4.69) is 24.3 Å². The summed E-state index contributed by atoms with van der Waals surface area (Å²) in [7, 11) is 6.60. The predicted molar refractivity (Wildman–Crippen MR) is 89.2 cm³/mol. The smallest absolute Gasteiger partial charge is 0.203 e. The Hall–Kier alpha value is -2.36. The molecule has 4 nitrogen and oxygen atoms in total. The molecule has 0 amide bonds. The lowest BCUT2D eigenvalue weighted by atomic mass is 10.0. The van der Waals surface area contributed by atoms with Gasteiger partial charge >= 0.3 is 0 Å². The zero-order valence-electron chi connectivity index (χ0n) is 14.0. The molecule has 0 unspecified atom stereocenters. The molecule has 1 saturated carbocycles. The van der Waals surface area contributed by atoms with Crippen LogP contribution in [0.15, 0.2) is 36.4 Å². The highest BCUT2D eigenvalue weighted by atomic mass is 16.5. The molecule has 0 aromatic heterocycles. The first-order chi connectivity index (χ1) is 11.2. The molecule has 0 saturated heterocycles. The Kier molecular flexibility index (Phi) is 4.33. The van der Waals surface area contributed by atoms with Crippen molar-refractivity contribution in [2.24, 2.45) is 0 Å². The lowest BCUT2D eigenvalue weighted by Gasteiger charge is -2.14. The van der Waals surface area contributed by atoms with Gasteiger partial charge in [0, 0.05) is 0 Å². The minimum Gasteiger partial charge on any atom is -0.497 e. The lowest BCUT2D eigenvalue weighted by Crippen LogP contribution is -1.97. The molecule has 122 valence electrons. The van der Waals surface area contributed by atoms with Crippen LogP contribution in [0, 0.1) is 0 Å². The SMILES string of the molecule is COc1ccc([C@@H]2C[C@@H]2c2cc(OC)c(OC)c(OC)c2)cc1. The van der Waals surface area contributed by atoms with E-state index in [1.807, 2.05) is 12.1 Å². The van der Waals surface area contributed by atoms with E-state index in [-0.39, 0.29) is 0 Å². The standard InChI is InChI=1S/C19H22O4/c1-20-14-7-5-12(6-8-14)15-11-16(15)13-9-17(21-2)19(23-4)18(10-13)22-3/h5-10,15-16H,11H2,1-4H3/t15-,16+/m0/s1. The Balaban J connectivity index is 1.85. The number of ether oxygens (including phenoxy) is 4. The van der Waals surface area contributed by atoms with Crippen molar-refractivity contribution >= 4 is 0 Å². The van der Waals surface area contributed by atoms with Gasteiger partial charge in [0.1, 0.15) is 5.75 Å². The third kappa shape index (κ3) is 2.93. The molecule has 0 spiro atoms. The predicted octanol–water partition coefficient (Wildman–Crippen LogP) is 3.99. The van der Waals surface area contributed by atoms with Crippen LogP contribution in [-0.4, -0.2) is 28.4 Å². The number of hydrogen-bond donors (Lipinski definition) is 0. The van der Waals surface area contributed by atoms with E-state index >= 15 is 0 Å². The van der Waals surface area contributed by atoms with Crippen LogP contribution < -0.4 is 18.9 Å². The fourth-order valence-corrected chi connectivity index (χ4v) is 3.10. The average molecular weight is 314 g/mol. The molecule has 0 radical (unpaired) electrons. The lowest BCUT2D eigenvalue weighted by molar-refractivity contribution is 0.324. The quantitative estimate of drug-likeness (QED) is 0.808. The highest BCUT2D eigenvalue weighted by molar-refractivity contribution is 5.56. The van der Waals surface area contributed by atoms with Crippen molar-refractivity contribution < 1.29 is 18.9 Å². The van der Waals surface area contributed by atoms with Gasteiger partial charge in [-0.05, 0) is 53.6 Å². The summed E-state index contributed by atoms with van der Waals surface area (Å²) in [6.45, 7) is 0. The Morgan fingerprint density at radius 2 is 1.26 bits per heavy atom. The van der Waals surface area contributed by atoms with Crippen LogP contribution in [0.4, 0.5) is 0 Å². The summed E-state index contributed by atoms with van der Waals surface area (Å²) in [4.78, 5) is 0. The zero-order chi connectivity index (χ0) is 16.4. The molecular weight excluding hydrogens is 292 g/mol. The number of hydrogen-bond acceptors (Lipinski definition) is 4. The van der Waals surface area contributed by atoms with Crippen molar-refractivity contribution in [1.82, 2.24) is 0 Å². The molecule has 4 heteroatoms. The van der Waals surface area contributed by atoms with Crippen molar-refractivity contribution in [1.29, 1.82) is 0 Å².